The fraction of sp³-hybridized carbons (Fsp3) is 0.118. The normalized spacial score (nSPS) is 9.91. The number of rotatable bonds is 4. The van der Waals surface area contributed by atoms with Gasteiger partial charge < -0.3 is 9.47 Å². The molecule has 0 atom stereocenters. The summed E-state index contributed by atoms with van der Waals surface area (Å²) in [4.78, 5) is 34.8. The maximum absolute atomic E-state index is 11.9. The number of Topliss-reactive ketones (excluding diaryl/α,β-unsaturated/α-hetero) is 2. The third-order valence-corrected chi connectivity index (χ3v) is 2.92. The van der Waals surface area contributed by atoms with Crippen LogP contribution >= 0.6 is 0 Å². The number of carbonyl (C=O) groups is 3. The van der Waals surface area contributed by atoms with Gasteiger partial charge in [-0.3, -0.25) is 9.59 Å². The lowest BCUT2D eigenvalue weighted by Gasteiger charge is -2.10. The van der Waals surface area contributed by atoms with Crippen molar-refractivity contribution in [2.24, 2.45) is 0 Å². The van der Waals surface area contributed by atoms with Gasteiger partial charge in [0.25, 0.3) is 0 Å². The van der Waals surface area contributed by atoms with E-state index in [2.05, 4.69) is 0 Å². The summed E-state index contributed by atoms with van der Waals surface area (Å²) in [6.07, 6.45) is -1.01. The first-order valence-corrected chi connectivity index (χ1v) is 6.58. The average molecular weight is 298 g/mol. The minimum absolute atomic E-state index is 0.111. The van der Waals surface area contributed by atoms with Crippen LogP contribution in [0.3, 0.4) is 0 Å². The Labute approximate surface area is 127 Å². The van der Waals surface area contributed by atoms with Crippen molar-refractivity contribution in [2.75, 3.05) is 0 Å². The molecule has 0 aromatic heterocycles. The number of benzene rings is 2. The summed E-state index contributed by atoms with van der Waals surface area (Å²) in [5, 5.41) is 0. The fourth-order valence-electron chi connectivity index (χ4n) is 1.89. The lowest BCUT2D eigenvalue weighted by Crippen LogP contribution is -2.16. The molecular weight excluding hydrogens is 284 g/mol. The van der Waals surface area contributed by atoms with E-state index in [0.717, 1.165) is 0 Å². The van der Waals surface area contributed by atoms with Crippen LogP contribution < -0.4 is 9.47 Å². The van der Waals surface area contributed by atoms with Crippen LogP contribution in [-0.4, -0.2) is 17.7 Å². The molecule has 0 spiro atoms. The van der Waals surface area contributed by atoms with Crippen LogP contribution in [0.5, 0.6) is 11.5 Å². The summed E-state index contributed by atoms with van der Waals surface area (Å²) in [5.41, 5.74) is 0.554. The van der Waals surface area contributed by atoms with Gasteiger partial charge in [0.05, 0.1) is 11.1 Å². The largest absolute Gasteiger partial charge is 0.519 e. The molecule has 0 radical (unpaired) electrons. The maximum atomic E-state index is 11.9. The van der Waals surface area contributed by atoms with Gasteiger partial charge in [0.2, 0.25) is 0 Å². The SMILES string of the molecule is CC(=O)c1ccccc1OC(=O)Oc1ccccc1C(C)=O. The number of hydrogen-bond donors (Lipinski definition) is 0. The molecule has 0 N–H and O–H groups in total. The predicted molar refractivity (Wildman–Crippen MR) is 79.5 cm³/mol. The fourth-order valence-corrected chi connectivity index (χ4v) is 1.89. The zero-order valence-electron chi connectivity index (χ0n) is 12.2. The summed E-state index contributed by atoms with van der Waals surface area (Å²) in [6.45, 7) is 2.75. The minimum atomic E-state index is -1.01. The summed E-state index contributed by atoms with van der Waals surface area (Å²) in [5.74, 6) is -0.235. The molecule has 0 heterocycles. The van der Waals surface area contributed by atoms with Crippen LogP contribution in [0.1, 0.15) is 34.6 Å². The van der Waals surface area contributed by atoms with E-state index in [0.29, 0.717) is 0 Å². The Balaban J connectivity index is 2.18. The number of ketones is 2. The Morgan fingerprint density at radius 3 is 1.41 bits per heavy atom. The molecule has 0 aliphatic carbocycles. The molecule has 0 aliphatic rings. The minimum Gasteiger partial charge on any atom is -0.394 e. The summed E-state index contributed by atoms with van der Waals surface area (Å²) >= 11 is 0. The van der Waals surface area contributed by atoms with Crippen molar-refractivity contribution >= 4 is 17.7 Å². The summed E-state index contributed by atoms with van der Waals surface area (Å²) in [7, 11) is 0. The second kappa shape index (κ2) is 6.67. The van der Waals surface area contributed by atoms with E-state index >= 15 is 0 Å². The first-order valence-electron chi connectivity index (χ1n) is 6.58. The molecule has 0 unspecified atom stereocenters. The van der Waals surface area contributed by atoms with Crippen LogP contribution in [-0.2, 0) is 0 Å². The predicted octanol–water partition coefficient (Wildman–Crippen LogP) is 3.67. The van der Waals surface area contributed by atoms with E-state index in [1.807, 2.05) is 0 Å². The third-order valence-electron chi connectivity index (χ3n) is 2.92. The quantitative estimate of drug-likeness (QED) is 0.489. The van der Waals surface area contributed by atoms with Crippen LogP contribution in [0.2, 0.25) is 0 Å². The number of para-hydroxylation sites is 2. The molecule has 0 saturated heterocycles. The molecule has 0 saturated carbocycles. The molecule has 5 nitrogen and oxygen atoms in total. The molecule has 2 rings (SSSR count). The first-order chi connectivity index (χ1) is 10.5. The van der Waals surface area contributed by atoms with Crippen molar-refractivity contribution in [1.82, 2.24) is 0 Å². The Morgan fingerprint density at radius 2 is 1.05 bits per heavy atom. The van der Waals surface area contributed by atoms with E-state index in [-0.39, 0.29) is 34.2 Å². The molecular formula is C17H14O5. The van der Waals surface area contributed by atoms with Crippen molar-refractivity contribution in [3.8, 4) is 11.5 Å². The Kier molecular flexibility index (Phi) is 4.68. The van der Waals surface area contributed by atoms with Crippen molar-refractivity contribution in [2.45, 2.75) is 13.8 Å². The Bertz CT molecular complexity index is 672. The standard InChI is InChI=1S/C17H14O5/c1-11(18)13-7-3-5-9-15(13)21-17(20)22-16-10-6-4-8-14(16)12(2)19/h3-10H,1-2H3. The summed E-state index contributed by atoms with van der Waals surface area (Å²) < 4.78 is 10.1. The van der Waals surface area contributed by atoms with E-state index in [1.165, 1.54) is 26.0 Å². The third kappa shape index (κ3) is 3.58. The highest BCUT2D eigenvalue weighted by molar-refractivity contribution is 5.98. The van der Waals surface area contributed by atoms with Crippen LogP contribution in [0.4, 0.5) is 4.79 Å². The smallest absolute Gasteiger partial charge is 0.394 e. The van der Waals surface area contributed by atoms with Crippen molar-refractivity contribution in [3.05, 3.63) is 59.7 Å². The second-order valence-electron chi connectivity index (χ2n) is 4.56. The highest BCUT2D eigenvalue weighted by Crippen LogP contribution is 2.22. The number of carbonyl (C=O) groups excluding carboxylic acids is 3. The van der Waals surface area contributed by atoms with Gasteiger partial charge in [0.1, 0.15) is 11.5 Å². The van der Waals surface area contributed by atoms with E-state index < -0.39 is 6.16 Å². The van der Waals surface area contributed by atoms with E-state index in [4.69, 9.17) is 9.47 Å². The highest BCUT2D eigenvalue weighted by Gasteiger charge is 2.16. The van der Waals surface area contributed by atoms with Gasteiger partial charge in [-0.25, -0.2) is 4.79 Å². The van der Waals surface area contributed by atoms with E-state index in [9.17, 15) is 14.4 Å². The summed E-state index contributed by atoms with van der Waals surface area (Å²) in [6, 6.07) is 12.7. The molecule has 0 amide bonds. The zero-order chi connectivity index (χ0) is 16.1. The lowest BCUT2D eigenvalue weighted by atomic mass is 10.1. The lowest BCUT2D eigenvalue weighted by molar-refractivity contribution is 0.100. The molecule has 2 aromatic rings. The molecule has 2 aromatic carbocycles. The molecule has 112 valence electrons. The Morgan fingerprint density at radius 1 is 0.682 bits per heavy atom. The van der Waals surface area contributed by atoms with E-state index in [1.54, 1.807) is 36.4 Å². The van der Waals surface area contributed by atoms with Crippen LogP contribution in [0.25, 0.3) is 0 Å². The second-order valence-corrected chi connectivity index (χ2v) is 4.56. The molecule has 22 heavy (non-hydrogen) atoms. The van der Waals surface area contributed by atoms with Crippen molar-refractivity contribution < 1.29 is 23.9 Å². The van der Waals surface area contributed by atoms with Gasteiger partial charge in [0, 0.05) is 0 Å². The molecule has 5 heteroatoms. The Hall–Kier alpha value is -2.95. The van der Waals surface area contributed by atoms with Gasteiger partial charge in [-0.05, 0) is 38.1 Å². The van der Waals surface area contributed by atoms with Gasteiger partial charge in [-0.1, -0.05) is 24.3 Å². The first kappa shape index (κ1) is 15.4. The molecule has 0 aliphatic heterocycles. The highest BCUT2D eigenvalue weighted by atomic mass is 16.7. The average Bonchev–Trinajstić information content (AvgIpc) is 2.47. The van der Waals surface area contributed by atoms with Crippen molar-refractivity contribution in [3.63, 3.8) is 0 Å². The van der Waals surface area contributed by atoms with Crippen LogP contribution in [0.15, 0.2) is 48.5 Å². The maximum Gasteiger partial charge on any atom is 0.519 e. The number of ether oxygens (including phenoxy) is 2. The van der Waals surface area contributed by atoms with Crippen LogP contribution in [0, 0.1) is 0 Å². The van der Waals surface area contributed by atoms with Gasteiger partial charge in [-0.15, -0.1) is 0 Å². The van der Waals surface area contributed by atoms with Crippen molar-refractivity contribution in [1.29, 1.82) is 0 Å². The van der Waals surface area contributed by atoms with Gasteiger partial charge >= 0.3 is 6.16 Å². The van der Waals surface area contributed by atoms with Gasteiger partial charge in [0.15, 0.2) is 11.6 Å². The van der Waals surface area contributed by atoms with Gasteiger partial charge in [-0.2, -0.15) is 0 Å². The molecule has 0 fully saturated rings. The zero-order valence-corrected chi connectivity index (χ0v) is 12.2. The monoisotopic (exact) mass is 298 g/mol. The number of hydrogen-bond acceptors (Lipinski definition) is 5. The topological polar surface area (TPSA) is 69.7 Å². The molecule has 0 bridgehead atoms.